The summed E-state index contributed by atoms with van der Waals surface area (Å²) in [5.41, 5.74) is 6.91. The van der Waals surface area contributed by atoms with Gasteiger partial charge >= 0.3 is 0 Å². The van der Waals surface area contributed by atoms with E-state index in [9.17, 15) is 8.78 Å². The van der Waals surface area contributed by atoms with Crippen LogP contribution in [0.2, 0.25) is 0 Å². The number of aromatic nitrogens is 3. The standard InChI is InChI=1S/C22H20F2N4S/c1-15-4-2-3-5-19(15)22-16(11-25-9-8-18-13-29-14-26-18)12-28(27-22)21-7-6-17(23)10-20(21)24/h2-7,10,12-14,25H,8-9,11H2,1H3. The zero-order valence-electron chi connectivity index (χ0n) is 15.9. The molecule has 29 heavy (non-hydrogen) atoms. The highest BCUT2D eigenvalue weighted by molar-refractivity contribution is 7.07. The highest BCUT2D eigenvalue weighted by Crippen LogP contribution is 2.27. The monoisotopic (exact) mass is 410 g/mol. The molecule has 7 heteroatoms. The molecule has 2 heterocycles. The van der Waals surface area contributed by atoms with Gasteiger partial charge in [-0.1, -0.05) is 24.3 Å². The average molecular weight is 410 g/mol. The molecule has 0 aliphatic heterocycles. The molecule has 2 aromatic heterocycles. The molecule has 0 amide bonds. The Morgan fingerprint density at radius 2 is 2.00 bits per heavy atom. The van der Waals surface area contributed by atoms with Crippen LogP contribution in [0, 0.1) is 18.6 Å². The molecule has 0 radical (unpaired) electrons. The zero-order valence-corrected chi connectivity index (χ0v) is 16.7. The lowest BCUT2D eigenvalue weighted by Crippen LogP contribution is -2.17. The van der Waals surface area contributed by atoms with E-state index in [-0.39, 0.29) is 5.69 Å². The molecule has 0 aliphatic rings. The van der Waals surface area contributed by atoms with Gasteiger partial charge in [-0.2, -0.15) is 5.10 Å². The van der Waals surface area contributed by atoms with Crippen molar-refractivity contribution in [2.24, 2.45) is 0 Å². The fourth-order valence-corrected chi connectivity index (χ4v) is 3.79. The van der Waals surface area contributed by atoms with Crippen LogP contribution in [0.1, 0.15) is 16.8 Å². The zero-order chi connectivity index (χ0) is 20.2. The molecule has 4 rings (SSSR count). The van der Waals surface area contributed by atoms with E-state index in [1.165, 1.54) is 16.8 Å². The molecule has 0 atom stereocenters. The number of hydrogen-bond acceptors (Lipinski definition) is 4. The van der Waals surface area contributed by atoms with Gasteiger partial charge in [0.15, 0.2) is 5.82 Å². The van der Waals surface area contributed by atoms with E-state index < -0.39 is 11.6 Å². The van der Waals surface area contributed by atoms with E-state index in [4.69, 9.17) is 0 Å². The molecule has 148 valence electrons. The van der Waals surface area contributed by atoms with Crippen molar-refractivity contribution in [3.05, 3.63) is 88.0 Å². The van der Waals surface area contributed by atoms with Gasteiger partial charge in [-0.05, 0) is 24.6 Å². The predicted molar refractivity (Wildman–Crippen MR) is 111 cm³/mol. The van der Waals surface area contributed by atoms with Gasteiger partial charge in [-0.15, -0.1) is 11.3 Å². The summed E-state index contributed by atoms with van der Waals surface area (Å²) >= 11 is 1.58. The number of hydrogen-bond donors (Lipinski definition) is 1. The van der Waals surface area contributed by atoms with Crippen molar-refractivity contribution in [3.8, 4) is 16.9 Å². The molecule has 0 spiro atoms. The molecule has 0 bridgehead atoms. The minimum absolute atomic E-state index is 0.218. The summed E-state index contributed by atoms with van der Waals surface area (Å²) < 4.78 is 29.1. The first-order valence-electron chi connectivity index (χ1n) is 9.29. The Morgan fingerprint density at radius 1 is 1.14 bits per heavy atom. The van der Waals surface area contributed by atoms with E-state index in [0.717, 1.165) is 47.1 Å². The van der Waals surface area contributed by atoms with Crippen molar-refractivity contribution in [2.75, 3.05) is 6.54 Å². The molecule has 1 N–H and O–H groups in total. The first kappa shape index (κ1) is 19.4. The summed E-state index contributed by atoms with van der Waals surface area (Å²) in [6.45, 7) is 3.37. The van der Waals surface area contributed by atoms with E-state index in [2.05, 4.69) is 15.4 Å². The molecular formula is C22H20F2N4S. The molecule has 4 nitrogen and oxygen atoms in total. The van der Waals surface area contributed by atoms with E-state index in [0.29, 0.717) is 6.54 Å². The highest BCUT2D eigenvalue weighted by atomic mass is 32.1. The van der Waals surface area contributed by atoms with Crippen molar-refractivity contribution in [3.63, 3.8) is 0 Å². The number of rotatable bonds is 7. The number of benzene rings is 2. The second-order valence-corrected chi connectivity index (χ2v) is 7.48. The molecule has 2 aromatic carbocycles. The van der Waals surface area contributed by atoms with Crippen LogP contribution in [-0.2, 0) is 13.0 Å². The molecule has 0 saturated carbocycles. The maximum Gasteiger partial charge on any atom is 0.151 e. The van der Waals surface area contributed by atoms with Crippen molar-refractivity contribution < 1.29 is 8.78 Å². The second-order valence-electron chi connectivity index (χ2n) is 6.76. The third kappa shape index (κ3) is 4.41. The molecule has 0 saturated heterocycles. The van der Waals surface area contributed by atoms with Crippen LogP contribution in [0.5, 0.6) is 0 Å². The Kier molecular flexibility index (Phi) is 5.78. The molecule has 0 aliphatic carbocycles. The van der Waals surface area contributed by atoms with E-state index >= 15 is 0 Å². The maximum absolute atomic E-state index is 14.3. The third-order valence-electron chi connectivity index (χ3n) is 4.70. The van der Waals surface area contributed by atoms with Crippen molar-refractivity contribution in [1.82, 2.24) is 20.1 Å². The first-order valence-corrected chi connectivity index (χ1v) is 10.2. The van der Waals surface area contributed by atoms with Crippen molar-refractivity contribution in [2.45, 2.75) is 19.9 Å². The summed E-state index contributed by atoms with van der Waals surface area (Å²) in [5.74, 6) is -1.26. The fourth-order valence-electron chi connectivity index (χ4n) is 3.20. The number of thiazole rings is 1. The topological polar surface area (TPSA) is 42.7 Å². The SMILES string of the molecule is Cc1ccccc1-c1nn(-c2ccc(F)cc2F)cc1CNCCc1cscn1. The first-order chi connectivity index (χ1) is 14.1. The fraction of sp³-hybridized carbons (Fsp3) is 0.182. The minimum Gasteiger partial charge on any atom is -0.312 e. The summed E-state index contributed by atoms with van der Waals surface area (Å²) in [6, 6.07) is 11.5. The smallest absolute Gasteiger partial charge is 0.151 e. The Morgan fingerprint density at radius 3 is 2.76 bits per heavy atom. The number of nitrogens with zero attached hydrogens (tertiary/aromatic N) is 3. The number of halogens is 2. The molecule has 0 fully saturated rings. The van der Waals surface area contributed by atoms with Crippen molar-refractivity contribution >= 4 is 11.3 Å². The summed E-state index contributed by atoms with van der Waals surface area (Å²) in [4.78, 5) is 4.29. The minimum atomic E-state index is -0.646. The van der Waals surface area contributed by atoms with E-state index in [1.807, 2.05) is 42.1 Å². The van der Waals surface area contributed by atoms with Gasteiger partial charge in [-0.3, -0.25) is 0 Å². The van der Waals surface area contributed by atoms with Gasteiger partial charge in [0.05, 0.1) is 16.9 Å². The van der Waals surface area contributed by atoms with Gasteiger partial charge in [-0.25, -0.2) is 18.4 Å². The van der Waals surface area contributed by atoms with Gasteiger partial charge in [0.1, 0.15) is 11.5 Å². The van der Waals surface area contributed by atoms with Gasteiger partial charge in [0.25, 0.3) is 0 Å². The largest absolute Gasteiger partial charge is 0.312 e. The molecule has 0 unspecified atom stereocenters. The van der Waals surface area contributed by atoms with Gasteiger partial charge in [0, 0.05) is 48.3 Å². The molecule has 4 aromatic rings. The van der Waals surface area contributed by atoms with Crippen molar-refractivity contribution in [1.29, 1.82) is 0 Å². The highest BCUT2D eigenvalue weighted by Gasteiger charge is 2.16. The summed E-state index contributed by atoms with van der Waals surface area (Å²) in [7, 11) is 0. The second kappa shape index (κ2) is 8.63. The third-order valence-corrected chi connectivity index (χ3v) is 5.34. The number of nitrogens with one attached hydrogen (secondary N) is 1. The van der Waals surface area contributed by atoms with Crippen LogP contribution in [0.3, 0.4) is 0 Å². The van der Waals surface area contributed by atoms with Gasteiger partial charge in [0.2, 0.25) is 0 Å². The lowest BCUT2D eigenvalue weighted by atomic mass is 10.0. The Labute approximate surface area is 171 Å². The summed E-state index contributed by atoms with van der Waals surface area (Å²) in [5, 5.41) is 10.1. The lowest BCUT2D eigenvalue weighted by molar-refractivity contribution is 0.573. The van der Waals surface area contributed by atoms with Gasteiger partial charge < -0.3 is 5.32 Å². The predicted octanol–water partition coefficient (Wildman–Crippen LogP) is 4.91. The van der Waals surface area contributed by atoms with Crippen LogP contribution in [0.25, 0.3) is 16.9 Å². The maximum atomic E-state index is 14.3. The van der Waals surface area contributed by atoms with Crippen LogP contribution >= 0.6 is 11.3 Å². The molecular weight excluding hydrogens is 390 g/mol. The van der Waals surface area contributed by atoms with Crippen LogP contribution in [-0.4, -0.2) is 21.3 Å². The number of aryl methyl sites for hydroxylation is 1. The Hall–Kier alpha value is -2.90. The quantitative estimate of drug-likeness (QED) is 0.440. The summed E-state index contributed by atoms with van der Waals surface area (Å²) in [6.07, 6.45) is 2.64. The lowest BCUT2D eigenvalue weighted by Gasteiger charge is -2.07. The normalized spacial score (nSPS) is 11.1. The van der Waals surface area contributed by atoms with Crippen LogP contribution < -0.4 is 5.32 Å². The van der Waals surface area contributed by atoms with E-state index in [1.54, 1.807) is 17.5 Å². The van der Waals surface area contributed by atoms with Crippen LogP contribution in [0.15, 0.2) is 59.6 Å². The average Bonchev–Trinajstić information content (AvgIpc) is 3.36. The van der Waals surface area contributed by atoms with Crippen LogP contribution in [0.4, 0.5) is 8.78 Å². The Balaban J connectivity index is 1.62. The Bertz CT molecular complexity index is 1110.